The molecule has 2 amide bonds. The van der Waals surface area contributed by atoms with Crippen LogP contribution >= 0.6 is 11.3 Å². The van der Waals surface area contributed by atoms with Gasteiger partial charge in [0, 0.05) is 42.3 Å². The monoisotopic (exact) mass is 346 g/mol. The van der Waals surface area contributed by atoms with Crippen molar-refractivity contribution in [3.8, 4) is 0 Å². The van der Waals surface area contributed by atoms with E-state index in [9.17, 15) is 4.79 Å². The lowest BCUT2D eigenvalue weighted by molar-refractivity contribution is 0.235. The number of amides is 2. The molecule has 0 spiro atoms. The highest BCUT2D eigenvalue weighted by Crippen LogP contribution is 2.42. The lowest BCUT2D eigenvalue weighted by Crippen LogP contribution is -2.44. The third-order valence-corrected chi connectivity index (χ3v) is 5.98. The van der Waals surface area contributed by atoms with E-state index in [2.05, 4.69) is 40.2 Å². The summed E-state index contributed by atoms with van der Waals surface area (Å²) >= 11 is 1.81. The molecule has 0 saturated heterocycles. The first-order chi connectivity index (χ1) is 11.7. The van der Waals surface area contributed by atoms with Gasteiger partial charge in [0.05, 0.1) is 0 Å². The van der Waals surface area contributed by atoms with Crippen molar-refractivity contribution in [1.29, 1.82) is 0 Å². The first-order valence-corrected chi connectivity index (χ1v) is 9.59. The third-order valence-electron chi connectivity index (χ3n) is 4.86. The van der Waals surface area contributed by atoms with Crippen LogP contribution in [-0.4, -0.2) is 28.9 Å². The van der Waals surface area contributed by atoms with Crippen LogP contribution in [-0.2, 0) is 12.0 Å². The second-order valence-electron chi connectivity index (χ2n) is 6.86. The Morgan fingerprint density at radius 1 is 1.38 bits per heavy atom. The number of rotatable bonds is 7. The normalized spacial score (nSPS) is 17.5. The van der Waals surface area contributed by atoms with Crippen LogP contribution in [0.15, 0.2) is 36.0 Å². The minimum atomic E-state index is -0.0647. The van der Waals surface area contributed by atoms with Crippen LogP contribution in [0.3, 0.4) is 0 Å². The number of aromatic nitrogens is 2. The maximum atomic E-state index is 12.2. The molecule has 0 unspecified atom stereocenters. The number of urea groups is 1. The van der Waals surface area contributed by atoms with E-state index in [1.54, 1.807) is 6.20 Å². The van der Waals surface area contributed by atoms with Crippen LogP contribution in [0.5, 0.6) is 0 Å². The van der Waals surface area contributed by atoms with Gasteiger partial charge in [0.1, 0.15) is 0 Å². The molecule has 2 aromatic rings. The largest absolute Gasteiger partial charge is 0.338 e. The molecule has 1 aliphatic carbocycles. The Bertz CT molecular complexity index is 618. The fourth-order valence-electron chi connectivity index (χ4n) is 3.51. The number of carbonyl (C=O) groups excluding carboxylic acids is 1. The summed E-state index contributed by atoms with van der Waals surface area (Å²) in [6.07, 6.45) is 8.57. The Labute approximate surface area is 147 Å². The van der Waals surface area contributed by atoms with E-state index in [4.69, 9.17) is 0 Å². The lowest BCUT2D eigenvalue weighted by Gasteiger charge is -2.28. The smallest absolute Gasteiger partial charge is 0.314 e. The fourth-order valence-corrected chi connectivity index (χ4v) is 4.50. The molecule has 1 aliphatic rings. The maximum absolute atomic E-state index is 12.2. The summed E-state index contributed by atoms with van der Waals surface area (Å²) in [4.78, 5) is 13.6. The molecule has 6 heteroatoms. The van der Waals surface area contributed by atoms with Crippen molar-refractivity contribution < 1.29 is 4.79 Å². The van der Waals surface area contributed by atoms with E-state index in [1.165, 1.54) is 30.6 Å². The molecule has 3 rings (SSSR count). The molecule has 0 aromatic carbocycles. The molecule has 130 valence electrons. The number of thiophene rings is 1. The van der Waals surface area contributed by atoms with Crippen molar-refractivity contribution >= 4 is 17.4 Å². The van der Waals surface area contributed by atoms with E-state index in [0.29, 0.717) is 12.5 Å². The summed E-state index contributed by atoms with van der Waals surface area (Å²) < 4.78 is 1.90. The molecule has 2 N–H and O–H groups in total. The molecule has 1 saturated carbocycles. The average molecular weight is 347 g/mol. The Balaban J connectivity index is 1.44. The summed E-state index contributed by atoms with van der Waals surface area (Å²) in [5.74, 6) is 0.341. The highest BCUT2D eigenvalue weighted by molar-refractivity contribution is 7.10. The minimum absolute atomic E-state index is 0.0647. The molecule has 1 atom stereocenters. The highest BCUT2D eigenvalue weighted by atomic mass is 32.1. The summed E-state index contributed by atoms with van der Waals surface area (Å²) in [7, 11) is 0. The number of nitrogens with one attached hydrogen (secondary N) is 2. The van der Waals surface area contributed by atoms with Crippen molar-refractivity contribution in [2.24, 2.45) is 5.92 Å². The standard InChI is InChI=1S/C18H26N4OS/c1-15(13-22-10-5-9-21-22)12-19-17(23)20-14-18(7-2-3-8-18)16-6-4-11-24-16/h4-6,9-11,15H,2-3,7-8,12-14H2,1H3,(H2,19,20,23)/t15-/m0/s1. The van der Waals surface area contributed by atoms with Gasteiger partial charge in [-0.15, -0.1) is 11.3 Å². The molecule has 24 heavy (non-hydrogen) atoms. The van der Waals surface area contributed by atoms with E-state index in [-0.39, 0.29) is 11.4 Å². The zero-order valence-electron chi connectivity index (χ0n) is 14.2. The quantitative estimate of drug-likeness (QED) is 0.807. The zero-order valence-corrected chi connectivity index (χ0v) is 15.0. The summed E-state index contributed by atoms with van der Waals surface area (Å²) in [5.41, 5.74) is 0.145. The van der Waals surface area contributed by atoms with Crippen molar-refractivity contribution in [3.63, 3.8) is 0 Å². The van der Waals surface area contributed by atoms with Gasteiger partial charge in [-0.1, -0.05) is 25.8 Å². The number of carbonyl (C=O) groups is 1. The van der Waals surface area contributed by atoms with Crippen LogP contribution in [0.2, 0.25) is 0 Å². The Kier molecular flexibility index (Phi) is 5.56. The second kappa shape index (κ2) is 7.83. The second-order valence-corrected chi connectivity index (χ2v) is 7.81. The number of nitrogens with zero attached hydrogens (tertiary/aromatic N) is 2. The topological polar surface area (TPSA) is 59.0 Å². The molecular formula is C18H26N4OS. The van der Waals surface area contributed by atoms with Gasteiger partial charge in [-0.25, -0.2) is 4.79 Å². The van der Waals surface area contributed by atoms with Gasteiger partial charge in [0.15, 0.2) is 0 Å². The van der Waals surface area contributed by atoms with Gasteiger partial charge in [-0.2, -0.15) is 5.10 Å². The van der Waals surface area contributed by atoms with E-state index in [0.717, 1.165) is 13.1 Å². The molecule has 5 nitrogen and oxygen atoms in total. The van der Waals surface area contributed by atoms with E-state index >= 15 is 0 Å². The summed E-state index contributed by atoms with van der Waals surface area (Å²) in [5, 5.41) is 12.4. The molecular weight excluding hydrogens is 320 g/mol. The summed E-state index contributed by atoms with van der Waals surface area (Å²) in [6.45, 7) is 4.31. The molecule has 1 fully saturated rings. The molecule has 0 aliphatic heterocycles. The van der Waals surface area contributed by atoms with Crippen molar-refractivity contribution in [2.75, 3.05) is 13.1 Å². The zero-order chi connectivity index (χ0) is 16.8. The van der Waals surface area contributed by atoms with Crippen molar-refractivity contribution in [1.82, 2.24) is 20.4 Å². The van der Waals surface area contributed by atoms with Gasteiger partial charge in [0.2, 0.25) is 0 Å². The summed E-state index contributed by atoms with van der Waals surface area (Å²) in [6, 6.07) is 6.17. The Morgan fingerprint density at radius 2 is 2.21 bits per heavy atom. The van der Waals surface area contributed by atoms with Gasteiger partial charge in [-0.3, -0.25) is 4.68 Å². The van der Waals surface area contributed by atoms with Crippen LogP contribution in [0, 0.1) is 5.92 Å². The molecule has 0 bridgehead atoms. The molecule has 2 heterocycles. The Morgan fingerprint density at radius 3 is 2.88 bits per heavy atom. The first kappa shape index (κ1) is 17.0. The van der Waals surface area contributed by atoms with Crippen LogP contribution < -0.4 is 10.6 Å². The van der Waals surface area contributed by atoms with Gasteiger partial charge < -0.3 is 10.6 Å². The number of hydrogen-bond acceptors (Lipinski definition) is 3. The van der Waals surface area contributed by atoms with Crippen molar-refractivity contribution in [2.45, 2.75) is 44.6 Å². The lowest BCUT2D eigenvalue weighted by atomic mass is 9.84. The SMILES string of the molecule is C[C@@H](CNC(=O)NCC1(c2cccs2)CCCC1)Cn1cccn1. The van der Waals surface area contributed by atoms with E-state index < -0.39 is 0 Å². The Hall–Kier alpha value is -1.82. The van der Waals surface area contributed by atoms with Crippen LogP contribution in [0.1, 0.15) is 37.5 Å². The number of hydrogen-bond donors (Lipinski definition) is 2. The molecule has 0 radical (unpaired) electrons. The predicted octanol–water partition coefficient (Wildman–Crippen LogP) is 3.39. The van der Waals surface area contributed by atoms with Crippen LogP contribution in [0.25, 0.3) is 0 Å². The highest BCUT2D eigenvalue weighted by Gasteiger charge is 2.36. The van der Waals surface area contributed by atoms with Gasteiger partial charge in [-0.05, 0) is 36.3 Å². The fraction of sp³-hybridized carbons (Fsp3) is 0.556. The third kappa shape index (κ3) is 4.17. The van der Waals surface area contributed by atoms with E-state index in [1.807, 2.05) is 28.3 Å². The van der Waals surface area contributed by atoms with Crippen LogP contribution in [0.4, 0.5) is 4.79 Å². The molecule has 2 aromatic heterocycles. The van der Waals surface area contributed by atoms with Gasteiger partial charge >= 0.3 is 6.03 Å². The van der Waals surface area contributed by atoms with Gasteiger partial charge in [0.25, 0.3) is 0 Å². The van der Waals surface area contributed by atoms with Crippen molar-refractivity contribution in [3.05, 3.63) is 40.8 Å². The minimum Gasteiger partial charge on any atom is -0.338 e. The predicted molar refractivity (Wildman–Crippen MR) is 97.3 cm³/mol. The maximum Gasteiger partial charge on any atom is 0.314 e. The average Bonchev–Trinajstić information content (AvgIpc) is 3.32. The first-order valence-electron chi connectivity index (χ1n) is 8.71.